The number of amides is 1. The summed E-state index contributed by atoms with van der Waals surface area (Å²) in [4.78, 5) is 18.7. The molecule has 0 radical (unpaired) electrons. The number of rotatable bonds is 4. The molecule has 1 amide bonds. The van der Waals surface area contributed by atoms with Crippen LogP contribution in [0.4, 0.5) is 15.9 Å². The van der Waals surface area contributed by atoms with Crippen LogP contribution in [-0.4, -0.2) is 24.0 Å². The van der Waals surface area contributed by atoms with Gasteiger partial charge in [0, 0.05) is 13.1 Å². The van der Waals surface area contributed by atoms with E-state index in [1.807, 2.05) is 6.07 Å². The number of hydrogen-bond acceptors (Lipinski definition) is 3. The standard InChI is InChI=1S/C19H22FN3O/c1-14-8-10-23(11-9-14)16-6-7-18(21-13-16)22-19(24)12-15-4-2-3-5-17(15)20/h2-7,13-14H,8-12H2,1H3,(H,21,22,24). The van der Waals surface area contributed by atoms with E-state index in [4.69, 9.17) is 0 Å². The lowest BCUT2D eigenvalue weighted by molar-refractivity contribution is -0.115. The quantitative estimate of drug-likeness (QED) is 0.932. The maximum atomic E-state index is 13.6. The van der Waals surface area contributed by atoms with Crippen molar-refractivity contribution in [1.29, 1.82) is 0 Å². The minimum atomic E-state index is -0.365. The van der Waals surface area contributed by atoms with E-state index in [9.17, 15) is 9.18 Å². The molecule has 24 heavy (non-hydrogen) atoms. The van der Waals surface area contributed by atoms with Crippen LogP contribution in [0.5, 0.6) is 0 Å². The zero-order valence-electron chi connectivity index (χ0n) is 13.8. The Morgan fingerprint density at radius 2 is 2.00 bits per heavy atom. The van der Waals surface area contributed by atoms with Crippen LogP contribution in [0, 0.1) is 11.7 Å². The number of benzene rings is 1. The van der Waals surface area contributed by atoms with Crippen molar-refractivity contribution >= 4 is 17.4 Å². The second-order valence-corrected chi connectivity index (χ2v) is 6.39. The third-order valence-electron chi connectivity index (χ3n) is 4.47. The molecule has 1 aliphatic heterocycles. The first kappa shape index (κ1) is 16.4. The number of nitrogens with zero attached hydrogens (tertiary/aromatic N) is 2. The predicted molar refractivity (Wildman–Crippen MR) is 93.6 cm³/mol. The maximum Gasteiger partial charge on any atom is 0.230 e. The molecule has 1 aromatic carbocycles. The van der Waals surface area contributed by atoms with Gasteiger partial charge in [0.15, 0.2) is 0 Å². The number of hydrogen-bond donors (Lipinski definition) is 1. The summed E-state index contributed by atoms with van der Waals surface area (Å²) in [5, 5.41) is 2.72. The summed E-state index contributed by atoms with van der Waals surface area (Å²) in [6.07, 6.45) is 4.18. The fraction of sp³-hybridized carbons (Fsp3) is 0.368. The Kier molecular flexibility index (Phi) is 5.08. The second kappa shape index (κ2) is 7.43. The first-order valence-electron chi connectivity index (χ1n) is 8.36. The van der Waals surface area contributed by atoms with E-state index in [1.165, 1.54) is 18.9 Å². The van der Waals surface area contributed by atoms with Crippen molar-refractivity contribution < 1.29 is 9.18 Å². The van der Waals surface area contributed by atoms with E-state index in [0.29, 0.717) is 11.4 Å². The highest BCUT2D eigenvalue weighted by molar-refractivity contribution is 5.91. The Morgan fingerprint density at radius 1 is 1.25 bits per heavy atom. The van der Waals surface area contributed by atoms with E-state index in [2.05, 4.69) is 22.1 Å². The van der Waals surface area contributed by atoms with Crippen LogP contribution in [-0.2, 0) is 11.2 Å². The topological polar surface area (TPSA) is 45.2 Å². The molecule has 2 aromatic rings. The highest BCUT2D eigenvalue weighted by Crippen LogP contribution is 2.23. The van der Waals surface area contributed by atoms with Gasteiger partial charge in [-0.25, -0.2) is 9.37 Å². The number of piperidine rings is 1. The number of pyridine rings is 1. The van der Waals surface area contributed by atoms with Gasteiger partial charge in [-0.15, -0.1) is 0 Å². The second-order valence-electron chi connectivity index (χ2n) is 6.39. The number of halogens is 1. The zero-order chi connectivity index (χ0) is 16.9. The van der Waals surface area contributed by atoms with Crippen molar-refractivity contribution in [3.05, 3.63) is 54.0 Å². The number of carbonyl (C=O) groups excluding carboxylic acids is 1. The van der Waals surface area contributed by atoms with Crippen molar-refractivity contribution in [1.82, 2.24) is 4.98 Å². The Morgan fingerprint density at radius 3 is 2.67 bits per heavy atom. The molecule has 1 fully saturated rings. The average Bonchev–Trinajstić information content (AvgIpc) is 2.58. The van der Waals surface area contributed by atoms with E-state index >= 15 is 0 Å². The summed E-state index contributed by atoms with van der Waals surface area (Å²) in [6.45, 7) is 4.37. The van der Waals surface area contributed by atoms with Gasteiger partial charge in [-0.05, 0) is 42.5 Å². The summed E-state index contributed by atoms with van der Waals surface area (Å²) in [7, 11) is 0. The molecule has 126 valence electrons. The number of aromatic nitrogens is 1. The molecular weight excluding hydrogens is 305 g/mol. The van der Waals surface area contributed by atoms with Crippen LogP contribution in [0.3, 0.4) is 0 Å². The average molecular weight is 327 g/mol. The van der Waals surface area contributed by atoms with Gasteiger partial charge in [0.1, 0.15) is 11.6 Å². The SMILES string of the molecule is CC1CCN(c2ccc(NC(=O)Cc3ccccc3F)nc2)CC1. The van der Waals surface area contributed by atoms with E-state index in [0.717, 1.165) is 24.7 Å². The Hall–Kier alpha value is -2.43. The van der Waals surface area contributed by atoms with Gasteiger partial charge in [-0.2, -0.15) is 0 Å². The molecule has 3 rings (SSSR count). The highest BCUT2D eigenvalue weighted by atomic mass is 19.1. The van der Waals surface area contributed by atoms with Crippen molar-refractivity contribution in [2.75, 3.05) is 23.3 Å². The summed E-state index contributed by atoms with van der Waals surface area (Å²) < 4.78 is 13.6. The van der Waals surface area contributed by atoms with Gasteiger partial charge in [0.25, 0.3) is 0 Å². The van der Waals surface area contributed by atoms with Crippen LogP contribution in [0.2, 0.25) is 0 Å². The number of nitrogens with one attached hydrogen (secondary N) is 1. The highest BCUT2D eigenvalue weighted by Gasteiger charge is 2.16. The summed E-state index contributed by atoms with van der Waals surface area (Å²) >= 11 is 0. The lowest BCUT2D eigenvalue weighted by Gasteiger charge is -2.31. The molecule has 0 atom stereocenters. The molecule has 0 spiro atoms. The molecule has 1 aliphatic rings. The summed E-state index contributed by atoms with van der Waals surface area (Å²) in [6, 6.07) is 10.1. The lowest BCUT2D eigenvalue weighted by Crippen LogP contribution is -2.32. The molecular formula is C19H22FN3O. The third kappa shape index (κ3) is 4.10. The molecule has 5 heteroatoms. The molecule has 1 aromatic heterocycles. The molecule has 1 N–H and O–H groups in total. The minimum absolute atomic E-state index is 0.000117. The van der Waals surface area contributed by atoms with Crippen molar-refractivity contribution in [2.45, 2.75) is 26.2 Å². The van der Waals surface area contributed by atoms with Crippen LogP contribution in [0.1, 0.15) is 25.3 Å². The van der Waals surface area contributed by atoms with Gasteiger partial charge in [-0.1, -0.05) is 25.1 Å². The van der Waals surface area contributed by atoms with Gasteiger partial charge in [-0.3, -0.25) is 4.79 Å². The van der Waals surface area contributed by atoms with E-state index in [1.54, 1.807) is 30.5 Å². The van der Waals surface area contributed by atoms with Gasteiger partial charge in [0.2, 0.25) is 5.91 Å². The van der Waals surface area contributed by atoms with E-state index < -0.39 is 0 Å². The number of anilines is 2. The van der Waals surface area contributed by atoms with Crippen LogP contribution < -0.4 is 10.2 Å². The molecule has 0 unspecified atom stereocenters. The Labute approximate surface area is 141 Å². The van der Waals surface area contributed by atoms with Gasteiger partial charge >= 0.3 is 0 Å². The van der Waals surface area contributed by atoms with Crippen LogP contribution >= 0.6 is 0 Å². The van der Waals surface area contributed by atoms with Crippen LogP contribution in [0.25, 0.3) is 0 Å². The zero-order valence-corrected chi connectivity index (χ0v) is 13.8. The predicted octanol–water partition coefficient (Wildman–Crippen LogP) is 3.64. The smallest absolute Gasteiger partial charge is 0.230 e. The fourth-order valence-corrected chi connectivity index (χ4v) is 2.92. The summed E-state index contributed by atoms with van der Waals surface area (Å²) in [5.74, 6) is 0.638. The van der Waals surface area contributed by atoms with Gasteiger partial charge < -0.3 is 10.2 Å². The Balaban J connectivity index is 1.58. The minimum Gasteiger partial charge on any atom is -0.370 e. The largest absolute Gasteiger partial charge is 0.370 e. The third-order valence-corrected chi connectivity index (χ3v) is 4.47. The van der Waals surface area contributed by atoms with E-state index in [-0.39, 0.29) is 18.1 Å². The monoisotopic (exact) mass is 327 g/mol. The summed E-state index contributed by atoms with van der Waals surface area (Å²) in [5.41, 5.74) is 1.46. The van der Waals surface area contributed by atoms with Crippen molar-refractivity contribution in [2.24, 2.45) is 5.92 Å². The maximum absolute atomic E-state index is 13.6. The molecule has 0 saturated carbocycles. The first-order valence-corrected chi connectivity index (χ1v) is 8.36. The van der Waals surface area contributed by atoms with Crippen molar-refractivity contribution in [3.8, 4) is 0 Å². The lowest BCUT2D eigenvalue weighted by atomic mass is 9.99. The molecule has 4 nitrogen and oxygen atoms in total. The molecule has 0 bridgehead atoms. The fourth-order valence-electron chi connectivity index (χ4n) is 2.92. The first-order chi connectivity index (χ1) is 11.6. The number of carbonyl (C=O) groups is 1. The normalized spacial score (nSPS) is 15.3. The van der Waals surface area contributed by atoms with Gasteiger partial charge in [0.05, 0.1) is 18.3 Å². The molecule has 1 saturated heterocycles. The molecule has 2 heterocycles. The van der Waals surface area contributed by atoms with Crippen LogP contribution in [0.15, 0.2) is 42.6 Å². The van der Waals surface area contributed by atoms with Crippen molar-refractivity contribution in [3.63, 3.8) is 0 Å². The molecule has 0 aliphatic carbocycles. The Bertz CT molecular complexity index is 694.